The molecule has 132 valence electrons. The lowest BCUT2D eigenvalue weighted by Crippen LogP contribution is -2.34. The molecule has 4 rings (SSSR count). The Morgan fingerprint density at radius 3 is 2.85 bits per heavy atom. The summed E-state index contributed by atoms with van der Waals surface area (Å²) < 4.78 is 5.29. The lowest BCUT2D eigenvalue weighted by atomic mass is 10.0. The van der Waals surface area contributed by atoms with Gasteiger partial charge in [-0.2, -0.15) is 0 Å². The number of hydrogen-bond acceptors (Lipinski definition) is 4. The van der Waals surface area contributed by atoms with Crippen LogP contribution in [0, 0.1) is 6.92 Å². The van der Waals surface area contributed by atoms with E-state index in [2.05, 4.69) is 4.98 Å². The Morgan fingerprint density at radius 2 is 2.12 bits per heavy atom. The number of nitrogens with zero attached hydrogens (tertiary/aromatic N) is 2. The van der Waals surface area contributed by atoms with Gasteiger partial charge in [-0.25, -0.2) is 4.79 Å². The molecule has 0 unspecified atom stereocenters. The molecule has 0 aliphatic heterocycles. The lowest BCUT2D eigenvalue weighted by Gasteiger charge is -2.22. The van der Waals surface area contributed by atoms with Gasteiger partial charge in [0.2, 0.25) is 5.91 Å². The molecule has 0 saturated heterocycles. The lowest BCUT2D eigenvalue weighted by molar-refractivity contribution is -0.131. The van der Waals surface area contributed by atoms with Crippen LogP contribution < -0.4 is 5.63 Å². The van der Waals surface area contributed by atoms with Gasteiger partial charge in [0.15, 0.2) is 0 Å². The smallest absolute Gasteiger partial charge is 0.336 e. The molecular weight excluding hydrogens is 328 g/mol. The highest BCUT2D eigenvalue weighted by atomic mass is 16.4. The molecule has 26 heavy (non-hydrogen) atoms. The fraction of sp³-hybridized carbons (Fsp3) is 0.286. The molecule has 0 spiro atoms. The van der Waals surface area contributed by atoms with Crippen molar-refractivity contribution in [1.29, 1.82) is 0 Å². The summed E-state index contributed by atoms with van der Waals surface area (Å²) in [5, 5.41) is 0.820. The molecule has 1 aromatic carbocycles. The number of carbonyl (C=O) groups is 1. The van der Waals surface area contributed by atoms with E-state index in [9.17, 15) is 9.59 Å². The first-order valence-electron chi connectivity index (χ1n) is 8.82. The Labute approximate surface area is 151 Å². The molecule has 1 aliphatic rings. The van der Waals surface area contributed by atoms with Crippen LogP contribution in [0.15, 0.2) is 58.0 Å². The van der Waals surface area contributed by atoms with Gasteiger partial charge in [0.25, 0.3) is 0 Å². The van der Waals surface area contributed by atoms with Gasteiger partial charge in [0, 0.05) is 36.4 Å². The highest BCUT2D eigenvalue weighted by Crippen LogP contribution is 2.29. The van der Waals surface area contributed by atoms with Gasteiger partial charge >= 0.3 is 5.63 Å². The van der Waals surface area contributed by atoms with E-state index in [4.69, 9.17) is 4.42 Å². The fourth-order valence-corrected chi connectivity index (χ4v) is 3.24. The maximum absolute atomic E-state index is 13.0. The van der Waals surface area contributed by atoms with E-state index >= 15 is 0 Å². The normalized spacial score (nSPS) is 13.7. The van der Waals surface area contributed by atoms with Crippen molar-refractivity contribution in [3.05, 3.63) is 75.9 Å². The zero-order valence-corrected chi connectivity index (χ0v) is 14.6. The van der Waals surface area contributed by atoms with Gasteiger partial charge in [-0.05, 0) is 48.6 Å². The van der Waals surface area contributed by atoms with Crippen molar-refractivity contribution in [3.8, 4) is 0 Å². The maximum atomic E-state index is 13.0. The third-order valence-corrected chi connectivity index (χ3v) is 4.71. The summed E-state index contributed by atoms with van der Waals surface area (Å²) in [6, 6.07) is 11.3. The molecule has 0 bridgehead atoms. The monoisotopic (exact) mass is 348 g/mol. The molecule has 1 aliphatic carbocycles. The van der Waals surface area contributed by atoms with Crippen LogP contribution in [0.25, 0.3) is 11.0 Å². The highest BCUT2D eigenvalue weighted by molar-refractivity contribution is 5.87. The first-order chi connectivity index (χ1) is 12.6. The quantitative estimate of drug-likeness (QED) is 0.664. The van der Waals surface area contributed by atoms with Crippen molar-refractivity contribution in [2.24, 2.45) is 0 Å². The molecular formula is C21H20N2O3. The Bertz CT molecular complexity index is 1010. The molecule has 0 radical (unpaired) electrons. The van der Waals surface area contributed by atoms with Gasteiger partial charge in [-0.1, -0.05) is 18.2 Å². The van der Waals surface area contributed by atoms with Crippen LogP contribution in [0.4, 0.5) is 0 Å². The van der Waals surface area contributed by atoms with E-state index in [1.807, 2.05) is 42.2 Å². The average molecular weight is 348 g/mol. The minimum absolute atomic E-state index is 0.0313. The number of hydrogen-bond donors (Lipinski definition) is 0. The number of amides is 1. The van der Waals surface area contributed by atoms with Crippen molar-refractivity contribution < 1.29 is 9.21 Å². The minimum atomic E-state index is -0.420. The molecule has 3 aromatic rings. The molecule has 1 fully saturated rings. The van der Waals surface area contributed by atoms with Gasteiger partial charge in [-0.15, -0.1) is 0 Å². The summed E-state index contributed by atoms with van der Waals surface area (Å²) in [4.78, 5) is 30.9. The van der Waals surface area contributed by atoms with Gasteiger partial charge in [0.05, 0.1) is 6.42 Å². The van der Waals surface area contributed by atoms with Crippen LogP contribution in [0.3, 0.4) is 0 Å². The topological polar surface area (TPSA) is 63.4 Å². The van der Waals surface area contributed by atoms with E-state index < -0.39 is 5.63 Å². The van der Waals surface area contributed by atoms with E-state index in [0.29, 0.717) is 12.1 Å². The number of aromatic nitrogens is 1. The van der Waals surface area contributed by atoms with Crippen LogP contribution in [0.1, 0.15) is 29.5 Å². The summed E-state index contributed by atoms with van der Waals surface area (Å²) in [5.41, 5.74) is 2.86. The number of benzene rings is 1. The van der Waals surface area contributed by atoms with Crippen LogP contribution in [-0.4, -0.2) is 21.8 Å². The summed E-state index contributed by atoms with van der Waals surface area (Å²) in [6.07, 6.45) is 5.77. The Morgan fingerprint density at radius 1 is 1.27 bits per heavy atom. The van der Waals surface area contributed by atoms with Crippen LogP contribution in [-0.2, 0) is 17.8 Å². The summed E-state index contributed by atoms with van der Waals surface area (Å²) in [5.74, 6) is 0.0313. The molecule has 1 saturated carbocycles. The zero-order chi connectivity index (χ0) is 18.1. The molecule has 2 aromatic heterocycles. The number of carbonyl (C=O) groups excluding carboxylic acids is 1. The van der Waals surface area contributed by atoms with Crippen LogP contribution in [0.5, 0.6) is 0 Å². The van der Waals surface area contributed by atoms with Crippen molar-refractivity contribution in [3.63, 3.8) is 0 Å². The average Bonchev–Trinajstić information content (AvgIpc) is 3.44. The van der Waals surface area contributed by atoms with Crippen molar-refractivity contribution in [1.82, 2.24) is 9.88 Å². The third-order valence-electron chi connectivity index (χ3n) is 4.71. The van der Waals surface area contributed by atoms with Crippen molar-refractivity contribution in [2.75, 3.05) is 0 Å². The first kappa shape index (κ1) is 16.5. The number of pyridine rings is 1. The second kappa shape index (κ2) is 6.75. The van der Waals surface area contributed by atoms with Crippen molar-refractivity contribution >= 4 is 16.9 Å². The van der Waals surface area contributed by atoms with E-state index in [1.165, 1.54) is 6.07 Å². The standard InChI is InChI=1S/C21H20N2O3/c1-14-4-7-18-16(11-21(25)26-19(18)9-14)10-20(24)23(17-5-6-17)13-15-3-2-8-22-12-15/h2-4,7-9,11-12,17H,5-6,10,13H2,1H3. The summed E-state index contributed by atoms with van der Waals surface area (Å²) >= 11 is 0. The van der Waals surface area contributed by atoms with E-state index in [1.54, 1.807) is 12.4 Å². The van der Waals surface area contributed by atoms with Gasteiger partial charge in [0.1, 0.15) is 5.58 Å². The SMILES string of the molecule is Cc1ccc2c(CC(=O)N(Cc3cccnc3)C3CC3)cc(=O)oc2c1. The largest absolute Gasteiger partial charge is 0.423 e. The maximum Gasteiger partial charge on any atom is 0.336 e. The Hall–Kier alpha value is -2.95. The predicted octanol–water partition coefficient (Wildman–Crippen LogP) is 3.23. The summed E-state index contributed by atoms with van der Waals surface area (Å²) in [6.45, 7) is 2.50. The second-order valence-electron chi connectivity index (χ2n) is 6.88. The first-order valence-corrected chi connectivity index (χ1v) is 8.82. The molecule has 5 heteroatoms. The number of rotatable bonds is 5. The molecule has 5 nitrogen and oxygen atoms in total. The number of aryl methyl sites for hydroxylation is 1. The van der Waals surface area contributed by atoms with Gasteiger partial charge in [-0.3, -0.25) is 9.78 Å². The van der Waals surface area contributed by atoms with E-state index in [0.717, 1.165) is 34.9 Å². The zero-order valence-electron chi connectivity index (χ0n) is 14.6. The fourth-order valence-electron chi connectivity index (χ4n) is 3.24. The second-order valence-corrected chi connectivity index (χ2v) is 6.88. The molecule has 1 amide bonds. The van der Waals surface area contributed by atoms with E-state index in [-0.39, 0.29) is 18.4 Å². The highest BCUT2D eigenvalue weighted by Gasteiger charge is 2.32. The van der Waals surface area contributed by atoms with Crippen molar-refractivity contribution in [2.45, 2.75) is 38.8 Å². The third kappa shape index (κ3) is 3.52. The van der Waals surface area contributed by atoms with Crippen LogP contribution in [0.2, 0.25) is 0 Å². The summed E-state index contributed by atoms with van der Waals surface area (Å²) in [7, 11) is 0. The predicted molar refractivity (Wildman–Crippen MR) is 98.7 cm³/mol. The molecule has 2 heterocycles. The van der Waals surface area contributed by atoms with Crippen LogP contribution >= 0.6 is 0 Å². The Kier molecular flexibility index (Phi) is 4.29. The molecule has 0 atom stereocenters. The minimum Gasteiger partial charge on any atom is -0.423 e. The molecule has 0 N–H and O–H groups in total. The van der Waals surface area contributed by atoms with Gasteiger partial charge < -0.3 is 9.32 Å². The number of fused-ring (bicyclic) bond motifs is 1. The Balaban J connectivity index is 1.62.